The van der Waals surface area contributed by atoms with Crippen LogP contribution < -0.4 is 0 Å². The molecule has 0 saturated heterocycles. The maximum Gasteiger partial charge on any atom is 0.264 e. The second-order valence-electron chi connectivity index (χ2n) is 17.1. The Bertz CT molecular complexity index is 770. The van der Waals surface area contributed by atoms with Crippen molar-refractivity contribution >= 4 is 10.1 Å². The molecule has 0 saturated carbocycles. The first-order chi connectivity index (χ1) is 25.2. The quantitative estimate of drug-likeness (QED) is 0.0478. The Morgan fingerprint density at radius 2 is 0.596 bits per heavy atom. The molecule has 0 spiro atoms. The minimum absolute atomic E-state index is 0.174. The molecular weight excluding hydrogens is 665 g/mol. The molecule has 6 heteroatoms. The summed E-state index contributed by atoms with van der Waals surface area (Å²) in [5.41, 5.74) is -0.994. The molecule has 0 rings (SSSR count). The van der Waals surface area contributed by atoms with Crippen LogP contribution in [0.15, 0.2) is 0 Å². The van der Waals surface area contributed by atoms with E-state index in [4.69, 9.17) is 4.18 Å². The van der Waals surface area contributed by atoms with Gasteiger partial charge in [0.25, 0.3) is 10.1 Å². The predicted molar refractivity (Wildman–Crippen MR) is 228 cm³/mol. The second-order valence-corrected chi connectivity index (χ2v) is 18.7. The normalized spacial score (nSPS) is 14.5. The smallest absolute Gasteiger partial charge is 0.264 e. The third-order valence-corrected chi connectivity index (χ3v) is 12.3. The van der Waals surface area contributed by atoms with Crippen LogP contribution in [0.2, 0.25) is 0 Å². The van der Waals surface area contributed by atoms with Gasteiger partial charge in [0.1, 0.15) is 0 Å². The van der Waals surface area contributed by atoms with Crippen molar-refractivity contribution < 1.29 is 22.8 Å². The van der Waals surface area contributed by atoms with Gasteiger partial charge in [-0.25, -0.2) is 0 Å². The van der Waals surface area contributed by atoms with Crippen LogP contribution in [-0.4, -0.2) is 43.7 Å². The van der Waals surface area contributed by atoms with Crippen LogP contribution in [0, 0.1) is 5.41 Å². The largest absolute Gasteiger partial charge is 0.392 e. The zero-order valence-electron chi connectivity index (χ0n) is 35.8. The predicted octanol–water partition coefficient (Wildman–Crippen LogP) is 14.6. The molecule has 0 heterocycles. The van der Waals surface area contributed by atoms with Gasteiger partial charge in [-0.15, -0.1) is 0 Å². The summed E-state index contributed by atoms with van der Waals surface area (Å²) in [6, 6.07) is 0. The molecule has 0 aromatic rings. The summed E-state index contributed by atoms with van der Waals surface area (Å²) < 4.78 is 28.8. The van der Waals surface area contributed by atoms with Crippen molar-refractivity contribution in [2.75, 3.05) is 12.9 Å². The van der Waals surface area contributed by atoms with Gasteiger partial charge in [-0.3, -0.25) is 4.18 Å². The number of aliphatic hydroxyl groups excluding tert-OH is 2. The van der Waals surface area contributed by atoms with Crippen molar-refractivity contribution in [1.29, 1.82) is 0 Å². The highest BCUT2D eigenvalue weighted by Gasteiger charge is 2.40. The summed E-state index contributed by atoms with van der Waals surface area (Å²) in [5, 5.41) is 22.4. The van der Waals surface area contributed by atoms with Gasteiger partial charge in [0.15, 0.2) is 0 Å². The van der Waals surface area contributed by atoms with Crippen LogP contribution in [0.3, 0.4) is 0 Å². The minimum atomic E-state index is -3.65. The standard InChI is InChI=1S/C46H94O5S/c1-5-7-9-11-13-15-17-19-21-23-25-27-29-31-33-35-37-39-41-44(47)46(3,43-51-52(4,49)50)45(48)42-40-38-36-34-32-30-28-26-24-22-20-18-16-14-12-10-8-6-2/h44-45,47-48H,5-43H2,1-4H3. The van der Waals surface area contributed by atoms with Crippen LogP contribution in [-0.2, 0) is 14.3 Å². The van der Waals surface area contributed by atoms with E-state index in [1.807, 2.05) is 0 Å². The topological polar surface area (TPSA) is 83.8 Å². The Hall–Kier alpha value is -0.170. The Labute approximate surface area is 327 Å². The molecule has 0 aromatic heterocycles. The number of hydrogen-bond donors (Lipinski definition) is 2. The van der Waals surface area contributed by atoms with Crippen LogP contribution in [0.5, 0.6) is 0 Å². The molecule has 0 amide bonds. The molecule has 52 heavy (non-hydrogen) atoms. The molecule has 0 aliphatic rings. The van der Waals surface area contributed by atoms with Gasteiger partial charge in [0.2, 0.25) is 0 Å². The van der Waals surface area contributed by atoms with E-state index in [9.17, 15) is 18.6 Å². The summed E-state index contributed by atoms with van der Waals surface area (Å²) in [7, 11) is -3.65. The lowest BCUT2D eigenvalue weighted by atomic mass is 9.75. The maximum absolute atomic E-state index is 11.8. The van der Waals surface area contributed by atoms with Crippen molar-refractivity contribution in [3.05, 3.63) is 0 Å². The average molecular weight is 759 g/mol. The second kappa shape index (κ2) is 37.7. The third-order valence-electron chi connectivity index (χ3n) is 11.8. The summed E-state index contributed by atoms with van der Waals surface area (Å²) in [5.74, 6) is 0. The van der Waals surface area contributed by atoms with Crippen LogP contribution in [0.1, 0.15) is 265 Å². The van der Waals surface area contributed by atoms with Gasteiger partial charge in [-0.2, -0.15) is 8.42 Å². The van der Waals surface area contributed by atoms with Crippen molar-refractivity contribution in [2.24, 2.45) is 5.41 Å². The molecule has 314 valence electrons. The zero-order chi connectivity index (χ0) is 38.4. The number of rotatable bonds is 43. The SMILES string of the molecule is CCCCCCCCCCCCCCCCCCCCC(O)C(C)(COS(C)(=O)=O)C(O)CCCCCCCCCCCCCCCCCCCC. The van der Waals surface area contributed by atoms with E-state index in [-0.39, 0.29) is 6.61 Å². The molecule has 2 atom stereocenters. The van der Waals surface area contributed by atoms with Gasteiger partial charge in [0.05, 0.1) is 25.1 Å². The molecule has 0 bridgehead atoms. The molecule has 2 N–H and O–H groups in total. The first-order valence-electron chi connectivity index (χ1n) is 23.4. The third kappa shape index (κ3) is 34.3. The van der Waals surface area contributed by atoms with E-state index in [0.29, 0.717) is 12.8 Å². The van der Waals surface area contributed by atoms with E-state index < -0.39 is 27.7 Å². The Morgan fingerprint density at radius 3 is 0.788 bits per heavy atom. The lowest BCUT2D eigenvalue weighted by Gasteiger charge is -2.38. The first-order valence-corrected chi connectivity index (χ1v) is 25.2. The first kappa shape index (κ1) is 51.8. The Kier molecular flexibility index (Phi) is 37.6. The van der Waals surface area contributed by atoms with E-state index in [0.717, 1.165) is 31.9 Å². The van der Waals surface area contributed by atoms with E-state index >= 15 is 0 Å². The van der Waals surface area contributed by atoms with Crippen molar-refractivity contribution in [1.82, 2.24) is 0 Å². The van der Waals surface area contributed by atoms with Crippen LogP contribution >= 0.6 is 0 Å². The number of unbranched alkanes of at least 4 members (excludes halogenated alkanes) is 34. The van der Waals surface area contributed by atoms with Gasteiger partial charge in [-0.1, -0.05) is 252 Å². The molecule has 0 radical (unpaired) electrons. The lowest BCUT2D eigenvalue weighted by molar-refractivity contribution is -0.0878. The van der Waals surface area contributed by atoms with Gasteiger partial charge >= 0.3 is 0 Å². The number of hydrogen-bond acceptors (Lipinski definition) is 5. The highest BCUT2D eigenvalue weighted by Crippen LogP contribution is 2.33. The van der Waals surface area contributed by atoms with Gasteiger partial charge in [0, 0.05) is 5.41 Å². The van der Waals surface area contributed by atoms with Crippen LogP contribution in [0.4, 0.5) is 0 Å². The maximum atomic E-state index is 11.8. The summed E-state index contributed by atoms with van der Waals surface area (Å²) in [4.78, 5) is 0. The summed E-state index contributed by atoms with van der Waals surface area (Å²) in [6.07, 6.45) is 48.1. The zero-order valence-corrected chi connectivity index (χ0v) is 36.6. The molecule has 2 unspecified atom stereocenters. The van der Waals surface area contributed by atoms with E-state index in [1.165, 1.54) is 205 Å². The average Bonchev–Trinajstić information content (AvgIpc) is 3.12. The molecular formula is C46H94O5S. The summed E-state index contributed by atoms with van der Waals surface area (Å²) in [6.45, 7) is 6.19. The fourth-order valence-electron chi connectivity index (χ4n) is 7.79. The Balaban J connectivity index is 3.98. The fraction of sp³-hybridized carbons (Fsp3) is 1.00. The summed E-state index contributed by atoms with van der Waals surface area (Å²) >= 11 is 0. The minimum Gasteiger partial charge on any atom is -0.392 e. The lowest BCUT2D eigenvalue weighted by Crippen LogP contribution is -2.47. The molecule has 0 fully saturated rings. The molecule has 0 aliphatic carbocycles. The van der Waals surface area contributed by atoms with E-state index in [2.05, 4.69) is 13.8 Å². The van der Waals surface area contributed by atoms with E-state index in [1.54, 1.807) is 6.92 Å². The molecule has 0 aliphatic heterocycles. The molecule has 0 aromatic carbocycles. The Morgan fingerprint density at radius 1 is 0.404 bits per heavy atom. The molecule has 5 nitrogen and oxygen atoms in total. The number of aliphatic hydroxyl groups is 2. The van der Waals surface area contributed by atoms with Gasteiger partial charge in [-0.05, 0) is 12.8 Å². The fourth-order valence-corrected chi connectivity index (χ4v) is 8.25. The van der Waals surface area contributed by atoms with Crippen molar-refractivity contribution in [3.8, 4) is 0 Å². The van der Waals surface area contributed by atoms with Crippen molar-refractivity contribution in [2.45, 2.75) is 277 Å². The highest BCUT2D eigenvalue weighted by molar-refractivity contribution is 7.85. The van der Waals surface area contributed by atoms with Gasteiger partial charge < -0.3 is 10.2 Å². The highest BCUT2D eigenvalue weighted by atomic mass is 32.2. The van der Waals surface area contributed by atoms with Crippen molar-refractivity contribution in [3.63, 3.8) is 0 Å². The monoisotopic (exact) mass is 759 g/mol. The van der Waals surface area contributed by atoms with Crippen LogP contribution in [0.25, 0.3) is 0 Å².